The van der Waals surface area contributed by atoms with Gasteiger partial charge in [0.25, 0.3) is 0 Å². The summed E-state index contributed by atoms with van der Waals surface area (Å²) in [6, 6.07) is 16.0. The van der Waals surface area contributed by atoms with Crippen molar-refractivity contribution in [2.75, 3.05) is 28.2 Å². The largest absolute Gasteiger partial charge is 0.359 e. The number of nitrogens with one attached hydrogen (secondary N) is 1. The normalized spacial score (nSPS) is 19.1. The molecule has 2 aliphatic rings. The molecule has 2 aliphatic heterocycles. The fraction of sp³-hybridized carbons (Fsp3) is 0.300. The highest BCUT2D eigenvalue weighted by Crippen LogP contribution is 2.32. The van der Waals surface area contributed by atoms with Crippen molar-refractivity contribution in [3.8, 4) is 0 Å². The molecule has 0 spiro atoms. The molecule has 0 saturated carbocycles. The number of carbonyl (C=O) groups is 2. The van der Waals surface area contributed by atoms with Crippen molar-refractivity contribution in [3.63, 3.8) is 0 Å². The molecule has 1 N–H and O–H groups in total. The second-order valence-electron chi connectivity index (χ2n) is 6.69. The van der Waals surface area contributed by atoms with Gasteiger partial charge in [-0.05, 0) is 43.5 Å². The number of para-hydroxylation sites is 3. The second kappa shape index (κ2) is 6.24. The van der Waals surface area contributed by atoms with E-state index >= 15 is 0 Å². The topological polar surface area (TPSA) is 52.7 Å². The number of anilines is 3. The molecule has 2 heterocycles. The summed E-state index contributed by atoms with van der Waals surface area (Å²) < 4.78 is 0. The van der Waals surface area contributed by atoms with Gasteiger partial charge < -0.3 is 10.2 Å². The fourth-order valence-corrected chi connectivity index (χ4v) is 3.69. The van der Waals surface area contributed by atoms with Crippen LogP contribution in [-0.2, 0) is 16.0 Å². The van der Waals surface area contributed by atoms with Crippen molar-refractivity contribution in [1.29, 1.82) is 0 Å². The lowest BCUT2D eigenvalue weighted by molar-refractivity contribution is -0.121. The first-order valence-corrected chi connectivity index (χ1v) is 8.67. The number of benzene rings is 2. The quantitative estimate of drug-likeness (QED) is 0.918. The van der Waals surface area contributed by atoms with Gasteiger partial charge in [0.15, 0.2) is 0 Å². The molecule has 0 aromatic heterocycles. The van der Waals surface area contributed by atoms with Gasteiger partial charge in [0, 0.05) is 11.7 Å². The molecule has 1 unspecified atom stereocenters. The van der Waals surface area contributed by atoms with Crippen LogP contribution in [-0.4, -0.2) is 30.9 Å². The molecule has 0 fully saturated rings. The van der Waals surface area contributed by atoms with Crippen LogP contribution < -0.4 is 15.1 Å². The summed E-state index contributed by atoms with van der Waals surface area (Å²) in [5.74, 6) is -0.204. The Balaban J connectivity index is 1.62. The monoisotopic (exact) mass is 335 g/mol. The maximum atomic E-state index is 13.0. The molecule has 0 aliphatic carbocycles. The number of rotatable bonds is 2. The van der Waals surface area contributed by atoms with E-state index in [0.29, 0.717) is 11.7 Å². The maximum Gasteiger partial charge on any atom is 0.247 e. The molecule has 128 valence electrons. The number of hydrogen-bond donors (Lipinski definition) is 1. The van der Waals surface area contributed by atoms with Crippen LogP contribution in [0.5, 0.6) is 0 Å². The molecule has 0 radical (unpaired) electrons. The summed E-state index contributed by atoms with van der Waals surface area (Å²) in [7, 11) is 0. The minimum atomic E-state index is -0.154. The standard InChI is InChI=1S/C20H21N3O2/c1-14-10-11-15-6-2-4-8-17(15)22(14)13-20(25)23-12-19(24)21-16-7-3-5-9-18(16)23/h2-9,14H,10-13H2,1H3,(H,21,24). The molecular weight excluding hydrogens is 314 g/mol. The number of carbonyl (C=O) groups excluding carboxylic acids is 2. The van der Waals surface area contributed by atoms with E-state index in [1.165, 1.54) is 5.56 Å². The van der Waals surface area contributed by atoms with E-state index in [1.807, 2.05) is 36.4 Å². The van der Waals surface area contributed by atoms with Crippen LogP contribution >= 0.6 is 0 Å². The van der Waals surface area contributed by atoms with E-state index in [9.17, 15) is 9.59 Å². The lowest BCUT2D eigenvalue weighted by Gasteiger charge is -2.38. The van der Waals surface area contributed by atoms with E-state index < -0.39 is 0 Å². The predicted octanol–water partition coefficient (Wildman–Crippen LogP) is 2.81. The highest BCUT2D eigenvalue weighted by molar-refractivity contribution is 6.10. The molecule has 4 rings (SSSR count). The summed E-state index contributed by atoms with van der Waals surface area (Å²) in [5, 5.41) is 2.83. The molecule has 1 atom stereocenters. The van der Waals surface area contributed by atoms with Crippen LogP contribution in [0.25, 0.3) is 0 Å². The third kappa shape index (κ3) is 2.86. The van der Waals surface area contributed by atoms with E-state index in [4.69, 9.17) is 0 Å². The first-order valence-electron chi connectivity index (χ1n) is 8.67. The molecule has 5 heteroatoms. The summed E-state index contributed by atoms with van der Waals surface area (Å²) in [6.07, 6.45) is 2.07. The van der Waals surface area contributed by atoms with Crippen LogP contribution in [0.4, 0.5) is 17.1 Å². The molecular formula is C20H21N3O2. The Morgan fingerprint density at radius 3 is 2.68 bits per heavy atom. The predicted molar refractivity (Wildman–Crippen MR) is 99.0 cm³/mol. The van der Waals surface area contributed by atoms with Crippen LogP contribution in [0.1, 0.15) is 18.9 Å². The smallest absolute Gasteiger partial charge is 0.247 e. The van der Waals surface area contributed by atoms with Crippen LogP contribution in [0.15, 0.2) is 48.5 Å². The third-order valence-corrected chi connectivity index (χ3v) is 5.04. The van der Waals surface area contributed by atoms with Gasteiger partial charge in [-0.2, -0.15) is 0 Å². The Morgan fingerprint density at radius 1 is 1.12 bits per heavy atom. The highest BCUT2D eigenvalue weighted by atomic mass is 16.2. The summed E-state index contributed by atoms with van der Waals surface area (Å²) >= 11 is 0. The van der Waals surface area contributed by atoms with Gasteiger partial charge in [-0.3, -0.25) is 14.5 Å². The third-order valence-electron chi connectivity index (χ3n) is 5.04. The Morgan fingerprint density at radius 2 is 1.84 bits per heavy atom. The van der Waals surface area contributed by atoms with Gasteiger partial charge in [-0.1, -0.05) is 30.3 Å². The minimum Gasteiger partial charge on any atom is -0.359 e. The number of amides is 2. The van der Waals surface area contributed by atoms with Gasteiger partial charge in [0.1, 0.15) is 6.54 Å². The molecule has 2 aromatic rings. The Hall–Kier alpha value is -2.82. The van der Waals surface area contributed by atoms with Crippen molar-refractivity contribution in [1.82, 2.24) is 0 Å². The van der Waals surface area contributed by atoms with E-state index in [0.717, 1.165) is 24.2 Å². The Labute approximate surface area is 147 Å². The maximum absolute atomic E-state index is 13.0. The zero-order chi connectivity index (χ0) is 17.4. The molecule has 5 nitrogen and oxygen atoms in total. The number of hydrogen-bond acceptors (Lipinski definition) is 3. The molecule has 0 bridgehead atoms. The van der Waals surface area contributed by atoms with E-state index in [-0.39, 0.29) is 24.9 Å². The van der Waals surface area contributed by atoms with Crippen molar-refractivity contribution < 1.29 is 9.59 Å². The lowest BCUT2D eigenvalue weighted by atomic mass is 9.96. The first kappa shape index (κ1) is 15.7. The number of aryl methyl sites for hydroxylation is 1. The van der Waals surface area contributed by atoms with Gasteiger partial charge >= 0.3 is 0 Å². The van der Waals surface area contributed by atoms with Gasteiger partial charge in [-0.25, -0.2) is 0 Å². The van der Waals surface area contributed by atoms with Gasteiger partial charge in [-0.15, -0.1) is 0 Å². The lowest BCUT2D eigenvalue weighted by Crippen LogP contribution is -2.49. The number of nitrogens with zero attached hydrogens (tertiary/aromatic N) is 2. The number of fused-ring (bicyclic) bond motifs is 2. The molecule has 25 heavy (non-hydrogen) atoms. The minimum absolute atomic E-state index is 0.0501. The fourth-order valence-electron chi connectivity index (χ4n) is 3.69. The second-order valence-corrected chi connectivity index (χ2v) is 6.69. The average molecular weight is 335 g/mol. The van der Waals surface area contributed by atoms with Crippen LogP contribution in [0.2, 0.25) is 0 Å². The van der Waals surface area contributed by atoms with Crippen molar-refractivity contribution in [2.24, 2.45) is 0 Å². The molecule has 0 saturated heterocycles. The zero-order valence-electron chi connectivity index (χ0n) is 14.2. The van der Waals surface area contributed by atoms with Crippen molar-refractivity contribution >= 4 is 28.9 Å². The zero-order valence-corrected chi connectivity index (χ0v) is 14.2. The summed E-state index contributed by atoms with van der Waals surface area (Å²) in [4.78, 5) is 28.8. The van der Waals surface area contributed by atoms with Crippen molar-refractivity contribution in [3.05, 3.63) is 54.1 Å². The highest BCUT2D eigenvalue weighted by Gasteiger charge is 2.30. The molecule has 2 aromatic carbocycles. The van der Waals surface area contributed by atoms with Gasteiger partial charge in [0.05, 0.1) is 17.9 Å². The Bertz CT molecular complexity index is 833. The average Bonchev–Trinajstić information content (AvgIpc) is 2.63. The van der Waals surface area contributed by atoms with E-state index in [1.54, 1.807) is 4.90 Å². The SMILES string of the molecule is CC1CCc2ccccc2N1CC(=O)N1CC(=O)Nc2ccccc21. The van der Waals surface area contributed by atoms with Crippen LogP contribution in [0, 0.1) is 0 Å². The summed E-state index contributed by atoms with van der Waals surface area (Å²) in [5.41, 5.74) is 3.87. The molecule has 2 amide bonds. The first-order chi connectivity index (χ1) is 12.1. The van der Waals surface area contributed by atoms with Gasteiger partial charge in [0.2, 0.25) is 11.8 Å². The Kier molecular flexibility index (Phi) is 3.92. The van der Waals surface area contributed by atoms with E-state index in [2.05, 4.69) is 29.3 Å². The van der Waals surface area contributed by atoms with Crippen molar-refractivity contribution in [2.45, 2.75) is 25.8 Å². The summed E-state index contributed by atoms with van der Waals surface area (Å²) in [6.45, 7) is 2.50. The van der Waals surface area contributed by atoms with Crippen LogP contribution in [0.3, 0.4) is 0 Å².